The summed E-state index contributed by atoms with van der Waals surface area (Å²) in [5.74, 6) is 0.962. The Balaban J connectivity index is 1.06. The normalized spacial score (nSPS) is 14.7. The van der Waals surface area contributed by atoms with Crippen molar-refractivity contribution in [2.75, 3.05) is 25.6 Å². The maximum atomic E-state index is 13.3. The number of benzene rings is 2. The summed E-state index contributed by atoms with van der Waals surface area (Å²) in [5, 5.41) is 14.7. The van der Waals surface area contributed by atoms with Crippen LogP contribution in [0, 0.1) is 0 Å². The van der Waals surface area contributed by atoms with Crippen LogP contribution in [0.2, 0.25) is 0 Å². The number of thiophene rings is 1. The molecule has 0 bridgehead atoms. The number of hydrogen-bond acceptors (Lipinski definition) is 6. The number of nitrogens with zero attached hydrogens (tertiary/aromatic N) is 1. The van der Waals surface area contributed by atoms with Crippen LogP contribution in [0.1, 0.15) is 84.5 Å². The van der Waals surface area contributed by atoms with Gasteiger partial charge in [0.25, 0.3) is 5.91 Å². The highest BCUT2D eigenvalue weighted by atomic mass is 32.1. The molecule has 0 radical (unpaired) electrons. The first-order valence-corrected chi connectivity index (χ1v) is 17.3. The summed E-state index contributed by atoms with van der Waals surface area (Å²) in [6.45, 7) is 1.82. The Morgan fingerprint density at radius 1 is 1.04 bits per heavy atom. The van der Waals surface area contributed by atoms with Crippen LogP contribution >= 0.6 is 11.3 Å². The fourth-order valence-corrected chi connectivity index (χ4v) is 7.89. The first-order chi connectivity index (χ1) is 22.9. The number of unbranched alkanes of at least 4 members (excludes halogenated alkanes) is 2. The van der Waals surface area contributed by atoms with E-state index in [1.165, 1.54) is 41.3 Å². The Labute approximate surface area is 278 Å². The molecule has 2 amide bonds. The number of aliphatic carboxylic acids is 1. The molecule has 2 aromatic carbocycles. The third-order valence-electron chi connectivity index (χ3n) is 9.01. The number of rotatable bonds is 12. The topological polar surface area (TPSA) is 119 Å². The molecule has 0 atom stereocenters. The first-order valence-electron chi connectivity index (χ1n) is 16.5. The lowest BCUT2D eigenvalue weighted by Crippen LogP contribution is -2.23. The molecular weight excluding hydrogens is 614 g/mol. The number of carbonyl (C=O) groups excluding carboxylic acids is 2. The molecule has 1 aliphatic carbocycles. The van der Waals surface area contributed by atoms with Crippen LogP contribution in [-0.2, 0) is 16.1 Å². The van der Waals surface area contributed by atoms with Crippen LogP contribution < -0.4 is 20.1 Å². The van der Waals surface area contributed by atoms with E-state index in [2.05, 4.69) is 27.3 Å². The lowest BCUT2D eigenvalue weighted by molar-refractivity contribution is -0.131. The summed E-state index contributed by atoms with van der Waals surface area (Å²) in [4.78, 5) is 37.1. The van der Waals surface area contributed by atoms with E-state index < -0.39 is 5.97 Å². The van der Waals surface area contributed by atoms with Gasteiger partial charge in [-0.3, -0.25) is 9.59 Å². The number of ether oxygens (including phenoxy) is 2. The van der Waals surface area contributed by atoms with Crippen LogP contribution in [0.15, 0.2) is 54.6 Å². The number of fused-ring (bicyclic) bond motifs is 5. The lowest BCUT2D eigenvalue weighted by atomic mass is 9.83. The quantitative estimate of drug-likeness (QED) is 0.106. The van der Waals surface area contributed by atoms with Crippen molar-refractivity contribution in [1.82, 2.24) is 9.88 Å². The number of carboxylic acid groups (broad SMARTS) is 1. The molecule has 246 valence electrons. The molecule has 1 saturated carbocycles. The van der Waals surface area contributed by atoms with E-state index in [1.807, 2.05) is 12.1 Å². The molecule has 6 rings (SSSR count). The Hall–Kier alpha value is -4.57. The van der Waals surface area contributed by atoms with Crippen LogP contribution in [-0.4, -0.2) is 47.7 Å². The van der Waals surface area contributed by atoms with Crippen molar-refractivity contribution >= 4 is 51.1 Å². The second-order valence-electron chi connectivity index (χ2n) is 12.2. The Morgan fingerprint density at radius 3 is 2.62 bits per heavy atom. The molecule has 47 heavy (non-hydrogen) atoms. The van der Waals surface area contributed by atoms with E-state index in [0.717, 1.165) is 77.7 Å². The molecule has 1 fully saturated rings. The van der Waals surface area contributed by atoms with E-state index in [9.17, 15) is 14.4 Å². The van der Waals surface area contributed by atoms with Gasteiger partial charge in [0.1, 0.15) is 18.1 Å². The van der Waals surface area contributed by atoms with E-state index >= 15 is 0 Å². The second kappa shape index (κ2) is 14.9. The third-order valence-corrected chi connectivity index (χ3v) is 10.2. The number of hydrogen-bond donors (Lipinski definition) is 3. The van der Waals surface area contributed by atoms with Gasteiger partial charge < -0.3 is 29.8 Å². The first kappa shape index (κ1) is 32.4. The van der Waals surface area contributed by atoms with Crippen molar-refractivity contribution < 1.29 is 29.0 Å². The minimum Gasteiger partial charge on any atom is -0.497 e. The van der Waals surface area contributed by atoms with Crippen LogP contribution in [0.25, 0.3) is 27.6 Å². The van der Waals surface area contributed by atoms with Gasteiger partial charge in [-0.25, -0.2) is 4.79 Å². The zero-order chi connectivity index (χ0) is 32.8. The molecule has 4 aromatic rings. The van der Waals surface area contributed by atoms with Crippen molar-refractivity contribution in [3.05, 3.63) is 70.6 Å². The molecule has 3 N–H and O–H groups in total. The standard InChI is InChI=1S/C37H41N3O6S/c1-45-27-16-17-28-30(22-27)46-21-20-40-29-23-31(47-36(29)34(35(28)40)25-8-4-2-5-9-25)37(44)38-19-7-3-6-10-32(41)39-26-14-11-24(12-15-26)13-18-33(42)43/h11-18,22-23,25H,2-10,19-21H2,1H3,(H,38,44)(H,39,41)(H,42,43)/b18-13+. The molecule has 3 heterocycles. The van der Waals surface area contributed by atoms with Gasteiger partial charge in [-0.05, 0) is 79.1 Å². The largest absolute Gasteiger partial charge is 0.497 e. The van der Waals surface area contributed by atoms with Gasteiger partial charge in [0.05, 0.1) is 34.4 Å². The maximum absolute atomic E-state index is 13.3. The highest BCUT2D eigenvalue weighted by Gasteiger charge is 2.31. The Bertz CT molecular complexity index is 1780. The molecule has 0 unspecified atom stereocenters. The predicted molar refractivity (Wildman–Crippen MR) is 186 cm³/mol. The molecule has 0 saturated heterocycles. The predicted octanol–water partition coefficient (Wildman–Crippen LogP) is 7.85. The average molecular weight is 656 g/mol. The summed E-state index contributed by atoms with van der Waals surface area (Å²) < 4.78 is 15.3. The molecule has 2 aliphatic rings. The van der Waals surface area contributed by atoms with Crippen LogP contribution in [0.3, 0.4) is 0 Å². The van der Waals surface area contributed by atoms with Gasteiger partial charge in [0.15, 0.2) is 0 Å². The smallest absolute Gasteiger partial charge is 0.328 e. The summed E-state index contributed by atoms with van der Waals surface area (Å²) in [7, 11) is 1.67. The van der Waals surface area contributed by atoms with Crippen molar-refractivity contribution in [3.8, 4) is 22.8 Å². The number of methoxy groups -OCH3 is 1. The zero-order valence-corrected chi connectivity index (χ0v) is 27.5. The number of carbonyl (C=O) groups is 3. The van der Waals surface area contributed by atoms with Gasteiger partial charge >= 0.3 is 5.97 Å². The number of carboxylic acids is 1. The summed E-state index contributed by atoms with van der Waals surface area (Å²) >= 11 is 1.60. The van der Waals surface area contributed by atoms with Gasteiger partial charge in [-0.2, -0.15) is 0 Å². The van der Waals surface area contributed by atoms with Crippen molar-refractivity contribution in [2.45, 2.75) is 70.3 Å². The SMILES string of the molecule is COc1ccc2c(c1)OCCn1c-2c(C2CCCCC2)c2sc(C(=O)NCCCCCC(=O)Nc3ccc(/C=C/C(=O)O)cc3)cc21. The molecule has 0 spiro atoms. The summed E-state index contributed by atoms with van der Waals surface area (Å²) in [6.07, 6.45) is 11.3. The lowest BCUT2D eigenvalue weighted by Gasteiger charge is -2.23. The van der Waals surface area contributed by atoms with Gasteiger partial charge in [-0.1, -0.05) is 37.8 Å². The van der Waals surface area contributed by atoms with Gasteiger partial charge in [0, 0.05) is 36.4 Å². The summed E-state index contributed by atoms with van der Waals surface area (Å²) in [6, 6.07) is 15.2. The van der Waals surface area contributed by atoms with Gasteiger partial charge in [-0.15, -0.1) is 11.3 Å². The van der Waals surface area contributed by atoms with E-state index in [1.54, 1.807) is 42.7 Å². The van der Waals surface area contributed by atoms with E-state index in [4.69, 9.17) is 14.6 Å². The minimum absolute atomic E-state index is 0.0513. The molecule has 10 heteroatoms. The third kappa shape index (κ3) is 7.54. The molecule has 1 aliphatic heterocycles. The van der Waals surface area contributed by atoms with Crippen molar-refractivity contribution in [1.29, 1.82) is 0 Å². The minimum atomic E-state index is -1.01. The molecular formula is C37H41N3O6S. The monoisotopic (exact) mass is 655 g/mol. The number of amides is 2. The number of aromatic nitrogens is 1. The molecule has 2 aromatic heterocycles. The highest BCUT2D eigenvalue weighted by Crippen LogP contribution is 2.49. The Morgan fingerprint density at radius 2 is 1.85 bits per heavy atom. The summed E-state index contributed by atoms with van der Waals surface area (Å²) in [5.41, 5.74) is 6.22. The van der Waals surface area contributed by atoms with Crippen LogP contribution in [0.5, 0.6) is 11.5 Å². The fraction of sp³-hybridized carbons (Fsp3) is 0.378. The zero-order valence-electron chi connectivity index (χ0n) is 26.7. The molecule has 9 nitrogen and oxygen atoms in total. The fourth-order valence-electron chi connectivity index (χ4n) is 6.69. The van der Waals surface area contributed by atoms with Crippen LogP contribution in [0.4, 0.5) is 5.69 Å². The van der Waals surface area contributed by atoms with E-state index in [-0.39, 0.29) is 11.8 Å². The average Bonchev–Trinajstić information content (AvgIpc) is 3.58. The number of nitrogens with one attached hydrogen (secondary N) is 2. The second-order valence-corrected chi connectivity index (χ2v) is 13.2. The van der Waals surface area contributed by atoms with Crippen molar-refractivity contribution in [3.63, 3.8) is 0 Å². The highest BCUT2D eigenvalue weighted by molar-refractivity contribution is 7.21. The van der Waals surface area contributed by atoms with Gasteiger partial charge in [0.2, 0.25) is 5.91 Å². The van der Waals surface area contributed by atoms with E-state index in [0.29, 0.717) is 31.2 Å². The maximum Gasteiger partial charge on any atom is 0.328 e. The number of anilines is 1. The van der Waals surface area contributed by atoms with Crippen molar-refractivity contribution in [2.24, 2.45) is 0 Å². The Kier molecular flexibility index (Phi) is 10.3.